The van der Waals surface area contributed by atoms with Crippen molar-refractivity contribution in [2.24, 2.45) is 0 Å². The fourth-order valence-corrected chi connectivity index (χ4v) is 4.56. The Balaban J connectivity index is 1.77. The van der Waals surface area contributed by atoms with E-state index in [1.165, 1.54) is 12.5 Å². The minimum atomic E-state index is -0.332. The lowest BCUT2D eigenvalue weighted by Gasteiger charge is -2.37. The normalized spacial score (nSPS) is 21.1. The lowest BCUT2D eigenvalue weighted by Crippen LogP contribution is -2.51. The highest BCUT2D eigenvalue weighted by atomic mass is 16.5. The van der Waals surface area contributed by atoms with E-state index in [0.717, 1.165) is 35.8 Å². The molecule has 0 unspecified atom stereocenters. The van der Waals surface area contributed by atoms with Crippen LogP contribution in [-0.2, 0) is 9.53 Å². The van der Waals surface area contributed by atoms with Gasteiger partial charge in [-0.25, -0.2) is 9.59 Å². The molecule has 5 heteroatoms. The Kier molecular flexibility index (Phi) is 5.07. The van der Waals surface area contributed by atoms with Crippen LogP contribution in [0.4, 0.5) is 4.79 Å². The van der Waals surface area contributed by atoms with Gasteiger partial charge in [-0.15, -0.1) is 0 Å². The second-order valence-electron chi connectivity index (χ2n) is 7.54. The van der Waals surface area contributed by atoms with Crippen molar-refractivity contribution in [3.8, 4) is 0 Å². The quantitative estimate of drug-likeness (QED) is 0.814. The Hall–Kier alpha value is -2.82. The molecule has 0 radical (unpaired) electrons. The minimum absolute atomic E-state index is 0.0756. The van der Waals surface area contributed by atoms with Crippen LogP contribution in [0.1, 0.15) is 38.2 Å². The number of fused-ring (bicyclic) bond motifs is 3. The van der Waals surface area contributed by atoms with E-state index in [4.69, 9.17) is 4.74 Å². The van der Waals surface area contributed by atoms with E-state index in [9.17, 15) is 9.59 Å². The summed E-state index contributed by atoms with van der Waals surface area (Å²) in [7, 11) is 1.41. The number of ether oxygens (including phenoxy) is 1. The Morgan fingerprint density at radius 2 is 1.93 bits per heavy atom. The molecule has 2 aromatic carbocycles. The second-order valence-corrected chi connectivity index (χ2v) is 7.54. The average Bonchev–Trinajstić information content (AvgIpc) is 3.04. The summed E-state index contributed by atoms with van der Waals surface area (Å²) in [6.07, 6.45) is 3.27. The first kappa shape index (κ1) is 18.5. The molecule has 2 amide bonds. The highest BCUT2D eigenvalue weighted by Gasteiger charge is 2.46. The minimum Gasteiger partial charge on any atom is -0.466 e. The lowest BCUT2D eigenvalue weighted by atomic mass is 9.87. The van der Waals surface area contributed by atoms with Crippen LogP contribution in [0.15, 0.2) is 48.0 Å². The average molecular weight is 378 g/mol. The highest BCUT2D eigenvalue weighted by Crippen LogP contribution is 2.43. The van der Waals surface area contributed by atoms with Gasteiger partial charge in [-0.05, 0) is 53.7 Å². The summed E-state index contributed by atoms with van der Waals surface area (Å²) in [4.78, 5) is 27.3. The first-order valence-electron chi connectivity index (χ1n) is 10.0. The SMILES string of the molecule is CCCNC(=O)N1[C@H]2CC[C@@H]1C(C(=O)OC)=C(c1ccc3ccccc3c1)C2. The van der Waals surface area contributed by atoms with Crippen molar-refractivity contribution in [1.82, 2.24) is 10.2 Å². The van der Waals surface area contributed by atoms with Crippen LogP contribution >= 0.6 is 0 Å². The molecule has 2 aliphatic heterocycles. The van der Waals surface area contributed by atoms with Gasteiger partial charge >= 0.3 is 12.0 Å². The van der Waals surface area contributed by atoms with Crippen LogP contribution in [0.3, 0.4) is 0 Å². The summed E-state index contributed by atoms with van der Waals surface area (Å²) < 4.78 is 5.13. The molecule has 0 saturated carbocycles. The maximum Gasteiger partial charge on any atom is 0.336 e. The van der Waals surface area contributed by atoms with Crippen LogP contribution in [0, 0.1) is 0 Å². The summed E-state index contributed by atoms with van der Waals surface area (Å²) in [5.74, 6) is -0.332. The number of nitrogens with one attached hydrogen (secondary N) is 1. The number of hydrogen-bond donors (Lipinski definition) is 1. The predicted octanol–water partition coefficient (Wildman–Crippen LogP) is 4.12. The molecule has 5 nitrogen and oxygen atoms in total. The number of hydrogen-bond acceptors (Lipinski definition) is 3. The van der Waals surface area contributed by atoms with E-state index >= 15 is 0 Å². The van der Waals surface area contributed by atoms with Gasteiger partial charge in [-0.1, -0.05) is 43.3 Å². The number of nitrogens with zero attached hydrogens (tertiary/aromatic N) is 1. The summed E-state index contributed by atoms with van der Waals surface area (Å²) >= 11 is 0. The van der Waals surface area contributed by atoms with Crippen molar-refractivity contribution in [2.45, 2.75) is 44.7 Å². The number of methoxy groups -OCH3 is 1. The molecule has 146 valence electrons. The number of urea groups is 1. The monoisotopic (exact) mass is 378 g/mol. The van der Waals surface area contributed by atoms with Crippen molar-refractivity contribution in [3.63, 3.8) is 0 Å². The van der Waals surface area contributed by atoms with Gasteiger partial charge in [0.05, 0.1) is 18.7 Å². The number of amides is 2. The smallest absolute Gasteiger partial charge is 0.336 e. The molecule has 2 bridgehead atoms. The third-order valence-corrected chi connectivity index (χ3v) is 5.86. The second kappa shape index (κ2) is 7.66. The maximum absolute atomic E-state index is 12.7. The van der Waals surface area contributed by atoms with Crippen LogP contribution in [0.5, 0.6) is 0 Å². The first-order valence-corrected chi connectivity index (χ1v) is 10.0. The fraction of sp³-hybridized carbons (Fsp3) is 0.391. The standard InChI is InChI=1S/C23H26N2O3/c1-3-12-24-23(27)25-18-10-11-20(25)21(22(26)28-2)19(14-18)17-9-8-15-6-4-5-7-16(15)13-17/h4-9,13,18,20H,3,10-12,14H2,1-2H3,(H,24,27)/t18-,20+/m0/s1. The largest absolute Gasteiger partial charge is 0.466 e. The molecule has 1 N–H and O–H groups in total. The molecule has 2 atom stereocenters. The fourth-order valence-electron chi connectivity index (χ4n) is 4.56. The van der Waals surface area contributed by atoms with Crippen molar-refractivity contribution < 1.29 is 14.3 Å². The summed E-state index contributed by atoms with van der Waals surface area (Å²) in [5.41, 5.74) is 2.70. The molecule has 0 aliphatic carbocycles. The van der Waals surface area contributed by atoms with E-state index < -0.39 is 0 Å². The molecule has 2 aromatic rings. The van der Waals surface area contributed by atoms with Gasteiger partial charge in [0.2, 0.25) is 0 Å². The number of benzene rings is 2. The Labute approximate surface area is 165 Å². The molecule has 0 aromatic heterocycles. The van der Waals surface area contributed by atoms with Crippen molar-refractivity contribution in [2.75, 3.05) is 13.7 Å². The van der Waals surface area contributed by atoms with E-state index in [2.05, 4.69) is 35.6 Å². The zero-order chi connectivity index (χ0) is 19.7. The number of rotatable bonds is 4. The highest BCUT2D eigenvalue weighted by molar-refractivity contribution is 6.02. The van der Waals surface area contributed by atoms with Gasteiger partial charge in [0, 0.05) is 12.6 Å². The van der Waals surface area contributed by atoms with Crippen LogP contribution in [0.2, 0.25) is 0 Å². The first-order chi connectivity index (χ1) is 13.6. The van der Waals surface area contributed by atoms with Gasteiger partial charge in [0.25, 0.3) is 0 Å². The Bertz CT molecular complexity index is 950. The Morgan fingerprint density at radius 3 is 2.68 bits per heavy atom. The summed E-state index contributed by atoms with van der Waals surface area (Å²) in [5, 5.41) is 5.29. The van der Waals surface area contributed by atoms with Gasteiger partial charge < -0.3 is 15.0 Å². The maximum atomic E-state index is 12.7. The molecule has 1 saturated heterocycles. The van der Waals surface area contributed by atoms with Crippen molar-refractivity contribution in [3.05, 3.63) is 53.6 Å². The molecular formula is C23H26N2O3. The topological polar surface area (TPSA) is 58.6 Å². The predicted molar refractivity (Wildman–Crippen MR) is 110 cm³/mol. The summed E-state index contributed by atoms with van der Waals surface area (Å²) in [6.45, 7) is 2.67. The lowest BCUT2D eigenvalue weighted by molar-refractivity contribution is -0.136. The third kappa shape index (κ3) is 3.15. The molecule has 0 spiro atoms. The molecule has 2 heterocycles. The van der Waals surface area contributed by atoms with Gasteiger partial charge in [0.15, 0.2) is 0 Å². The van der Waals surface area contributed by atoms with Gasteiger partial charge in [-0.3, -0.25) is 0 Å². The molecule has 1 fully saturated rings. The molecule has 28 heavy (non-hydrogen) atoms. The molecule has 4 rings (SSSR count). The third-order valence-electron chi connectivity index (χ3n) is 5.86. The summed E-state index contributed by atoms with van der Waals surface area (Å²) in [6, 6.07) is 14.3. The van der Waals surface area contributed by atoms with Crippen LogP contribution < -0.4 is 5.32 Å². The van der Waals surface area contributed by atoms with E-state index in [1.54, 1.807) is 0 Å². The van der Waals surface area contributed by atoms with Crippen molar-refractivity contribution in [1.29, 1.82) is 0 Å². The van der Waals surface area contributed by atoms with E-state index in [1.807, 2.05) is 24.0 Å². The van der Waals surface area contributed by atoms with Gasteiger partial charge in [-0.2, -0.15) is 0 Å². The zero-order valence-electron chi connectivity index (χ0n) is 16.4. The van der Waals surface area contributed by atoms with E-state index in [0.29, 0.717) is 18.5 Å². The van der Waals surface area contributed by atoms with Crippen molar-refractivity contribution >= 4 is 28.3 Å². The molecule has 2 aliphatic rings. The molecular weight excluding hydrogens is 352 g/mol. The number of esters is 1. The van der Waals surface area contributed by atoms with Crippen LogP contribution in [0.25, 0.3) is 16.3 Å². The number of carbonyl (C=O) groups is 2. The van der Waals surface area contributed by atoms with E-state index in [-0.39, 0.29) is 24.1 Å². The number of carbonyl (C=O) groups excluding carboxylic acids is 2. The van der Waals surface area contributed by atoms with Gasteiger partial charge in [0.1, 0.15) is 0 Å². The Morgan fingerprint density at radius 1 is 1.14 bits per heavy atom. The zero-order valence-corrected chi connectivity index (χ0v) is 16.4. The van der Waals surface area contributed by atoms with Crippen LogP contribution in [-0.4, -0.2) is 42.6 Å².